The molecule has 0 aliphatic heterocycles. The summed E-state index contributed by atoms with van der Waals surface area (Å²) in [4.78, 5) is 35.3. The molecule has 27 heavy (non-hydrogen) atoms. The van der Waals surface area contributed by atoms with E-state index in [1.54, 1.807) is 6.92 Å². The maximum Gasteiger partial charge on any atom is 0.313 e. The molecule has 1 saturated carbocycles. The maximum atomic E-state index is 12.2. The van der Waals surface area contributed by atoms with Crippen LogP contribution < -0.4 is 0 Å². The van der Waals surface area contributed by atoms with Gasteiger partial charge in [-0.3, -0.25) is 19.1 Å². The van der Waals surface area contributed by atoms with Crippen molar-refractivity contribution < 1.29 is 23.9 Å². The Morgan fingerprint density at radius 1 is 1.19 bits per heavy atom. The highest BCUT2D eigenvalue weighted by molar-refractivity contribution is 5.96. The van der Waals surface area contributed by atoms with Crippen molar-refractivity contribution in [2.24, 2.45) is 5.92 Å². The van der Waals surface area contributed by atoms with Gasteiger partial charge in [-0.25, -0.2) is 0 Å². The van der Waals surface area contributed by atoms with Gasteiger partial charge in [-0.2, -0.15) is 5.10 Å². The zero-order valence-electron chi connectivity index (χ0n) is 16.7. The number of ketones is 1. The van der Waals surface area contributed by atoms with Gasteiger partial charge in [-0.05, 0) is 57.9 Å². The number of rotatable bonds is 8. The first-order valence-corrected chi connectivity index (χ1v) is 9.57. The van der Waals surface area contributed by atoms with E-state index >= 15 is 0 Å². The Labute approximate surface area is 160 Å². The average molecular weight is 378 g/mol. The van der Waals surface area contributed by atoms with E-state index in [1.807, 2.05) is 30.9 Å². The number of esters is 2. The van der Waals surface area contributed by atoms with E-state index in [1.165, 1.54) is 7.11 Å². The normalized spacial score (nSPS) is 20.1. The first-order valence-electron chi connectivity index (χ1n) is 9.57. The second kappa shape index (κ2) is 9.15. The van der Waals surface area contributed by atoms with Crippen molar-refractivity contribution >= 4 is 17.7 Å². The van der Waals surface area contributed by atoms with Crippen molar-refractivity contribution in [1.82, 2.24) is 9.78 Å². The summed E-state index contributed by atoms with van der Waals surface area (Å²) in [6.07, 6.45) is 7.31. The number of hydrogen-bond acceptors (Lipinski definition) is 6. The van der Waals surface area contributed by atoms with E-state index in [4.69, 9.17) is 9.47 Å². The molecule has 1 aromatic rings. The molecule has 0 saturated heterocycles. The fourth-order valence-corrected chi connectivity index (χ4v) is 3.63. The van der Waals surface area contributed by atoms with Crippen LogP contribution in [0.2, 0.25) is 0 Å². The molecule has 7 nitrogen and oxygen atoms in total. The predicted octanol–water partition coefficient (Wildman–Crippen LogP) is 2.98. The van der Waals surface area contributed by atoms with E-state index in [-0.39, 0.29) is 30.5 Å². The first kappa shape index (κ1) is 21.1. The Morgan fingerprint density at radius 3 is 2.44 bits per heavy atom. The Kier molecular flexibility index (Phi) is 7.16. The van der Waals surface area contributed by atoms with Crippen LogP contribution in [0, 0.1) is 5.92 Å². The van der Waals surface area contributed by atoms with Gasteiger partial charge in [0.05, 0.1) is 31.9 Å². The Morgan fingerprint density at radius 2 is 1.85 bits per heavy atom. The number of carbonyl (C=O) groups excluding carboxylic acids is 3. The fraction of sp³-hybridized carbons (Fsp3) is 0.700. The Balaban J connectivity index is 1.91. The molecule has 150 valence electrons. The van der Waals surface area contributed by atoms with Crippen LogP contribution in [0.25, 0.3) is 0 Å². The van der Waals surface area contributed by atoms with Crippen molar-refractivity contribution in [1.29, 1.82) is 0 Å². The number of carbonyl (C=O) groups is 3. The van der Waals surface area contributed by atoms with Crippen molar-refractivity contribution in [3.05, 3.63) is 18.0 Å². The molecule has 0 amide bonds. The molecule has 0 radical (unpaired) electrons. The molecule has 1 heterocycles. The van der Waals surface area contributed by atoms with E-state index in [9.17, 15) is 14.4 Å². The van der Waals surface area contributed by atoms with Gasteiger partial charge in [0.15, 0.2) is 0 Å². The van der Waals surface area contributed by atoms with Crippen LogP contribution in [-0.2, 0) is 29.4 Å². The van der Waals surface area contributed by atoms with Crippen LogP contribution >= 0.6 is 0 Å². The van der Waals surface area contributed by atoms with Crippen LogP contribution in [0.15, 0.2) is 12.4 Å². The Bertz CT molecular complexity index is 672. The average Bonchev–Trinajstić information content (AvgIpc) is 3.12. The van der Waals surface area contributed by atoms with Crippen LogP contribution in [0.4, 0.5) is 0 Å². The summed E-state index contributed by atoms with van der Waals surface area (Å²) in [7, 11) is 1.38. The second-order valence-corrected chi connectivity index (χ2v) is 7.78. The lowest BCUT2D eigenvalue weighted by Crippen LogP contribution is -2.30. The Hall–Kier alpha value is -2.18. The second-order valence-electron chi connectivity index (χ2n) is 7.78. The number of nitrogens with zero attached hydrogens (tertiary/aromatic N) is 2. The van der Waals surface area contributed by atoms with Gasteiger partial charge in [-0.15, -0.1) is 0 Å². The standard InChI is InChI=1S/C20H30N2O5/c1-5-27-18(24)10-17(23)15-8-6-14(7-9-15)16-12-21-22(13-16)20(2,3)11-19(25)26-4/h12-15H,5-11H2,1-4H3. The van der Waals surface area contributed by atoms with Crippen molar-refractivity contribution in [2.45, 2.75) is 70.8 Å². The monoisotopic (exact) mass is 378 g/mol. The molecular weight excluding hydrogens is 348 g/mol. The highest BCUT2D eigenvalue weighted by Gasteiger charge is 2.30. The minimum atomic E-state index is -0.460. The van der Waals surface area contributed by atoms with Gasteiger partial charge in [0, 0.05) is 12.1 Å². The minimum absolute atomic E-state index is 0.0122. The minimum Gasteiger partial charge on any atom is -0.469 e. The summed E-state index contributed by atoms with van der Waals surface area (Å²) < 4.78 is 11.4. The molecule has 0 N–H and O–H groups in total. The SMILES string of the molecule is CCOC(=O)CC(=O)C1CCC(c2cnn(C(C)(C)CC(=O)OC)c2)CC1. The molecule has 0 bridgehead atoms. The van der Waals surface area contributed by atoms with Gasteiger partial charge >= 0.3 is 11.9 Å². The lowest BCUT2D eigenvalue weighted by molar-refractivity contribution is -0.146. The molecule has 1 aliphatic carbocycles. The molecule has 2 rings (SSSR count). The van der Waals surface area contributed by atoms with E-state index in [2.05, 4.69) is 5.10 Å². The quantitative estimate of drug-likeness (QED) is 0.510. The highest BCUT2D eigenvalue weighted by Crippen LogP contribution is 2.37. The van der Waals surface area contributed by atoms with E-state index in [0.29, 0.717) is 12.5 Å². The van der Waals surface area contributed by atoms with Gasteiger partial charge in [-0.1, -0.05) is 0 Å². The largest absolute Gasteiger partial charge is 0.469 e. The molecule has 0 spiro atoms. The summed E-state index contributed by atoms with van der Waals surface area (Å²) in [5, 5.41) is 4.45. The van der Waals surface area contributed by atoms with E-state index < -0.39 is 11.5 Å². The molecule has 7 heteroatoms. The fourth-order valence-electron chi connectivity index (χ4n) is 3.63. The van der Waals surface area contributed by atoms with Gasteiger partial charge in [0.1, 0.15) is 12.2 Å². The summed E-state index contributed by atoms with van der Waals surface area (Å²) in [5.74, 6) is -0.422. The topological polar surface area (TPSA) is 87.5 Å². The number of hydrogen-bond donors (Lipinski definition) is 0. The van der Waals surface area contributed by atoms with Crippen LogP contribution in [-0.4, -0.2) is 41.2 Å². The third kappa shape index (κ3) is 5.65. The molecule has 0 aromatic carbocycles. The zero-order chi connectivity index (χ0) is 20.0. The van der Waals surface area contributed by atoms with Crippen LogP contribution in [0.5, 0.6) is 0 Å². The van der Waals surface area contributed by atoms with Crippen molar-refractivity contribution in [3.63, 3.8) is 0 Å². The lowest BCUT2D eigenvalue weighted by Gasteiger charge is -2.27. The molecule has 1 aromatic heterocycles. The molecular formula is C20H30N2O5. The summed E-state index contributed by atoms with van der Waals surface area (Å²) in [6, 6.07) is 0. The highest BCUT2D eigenvalue weighted by atomic mass is 16.5. The third-order valence-corrected chi connectivity index (χ3v) is 5.31. The van der Waals surface area contributed by atoms with Gasteiger partial charge < -0.3 is 9.47 Å². The summed E-state index contributed by atoms with van der Waals surface area (Å²) >= 11 is 0. The summed E-state index contributed by atoms with van der Waals surface area (Å²) in [6.45, 7) is 5.94. The predicted molar refractivity (Wildman–Crippen MR) is 99.1 cm³/mol. The maximum absolute atomic E-state index is 12.2. The zero-order valence-corrected chi connectivity index (χ0v) is 16.7. The van der Waals surface area contributed by atoms with E-state index in [0.717, 1.165) is 31.2 Å². The smallest absolute Gasteiger partial charge is 0.313 e. The molecule has 0 atom stereocenters. The number of Topliss-reactive ketones (excluding diaryl/α,β-unsaturated/α-hetero) is 1. The van der Waals surface area contributed by atoms with Gasteiger partial charge in [0.2, 0.25) is 0 Å². The van der Waals surface area contributed by atoms with Crippen molar-refractivity contribution in [2.75, 3.05) is 13.7 Å². The lowest BCUT2D eigenvalue weighted by atomic mass is 9.77. The molecule has 1 fully saturated rings. The number of methoxy groups -OCH3 is 1. The number of ether oxygens (including phenoxy) is 2. The third-order valence-electron chi connectivity index (χ3n) is 5.31. The molecule has 1 aliphatic rings. The summed E-state index contributed by atoms with van der Waals surface area (Å²) in [5.41, 5.74) is 0.669. The van der Waals surface area contributed by atoms with Crippen LogP contribution in [0.3, 0.4) is 0 Å². The first-order chi connectivity index (χ1) is 12.8. The number of aromatic nitrogens is 2. The molecule has 0 unspecified atom stereocenters. The van der Waals surface area contributed by atoms with Crippen LogP contribution in [0.1, 0.15) is 70.8 Å². The van der Waals surface area contributed by atoms with Gasteiger partial charge in [0.25, 0.3) is 0 Å². The van der Waals surface area contributed by atoms with Crippen molar-refractivity contribution in [3.8, 4) is 0 Å².